The summed E-state index contributed by atoms with van der Waals surface area (Å²) in [6.07, 6.45) is -4.46. The highest BCUT2D eigenvalue weighted by molar-refractivity contribution is 7.99. The Hall–Kier alpha value is -3.20. The van der Waals surface area contributed by atoms with E-state index >= 15 is 0 Å². The summed E-state index contributed by atoms with van der Waals surface area (Å²) in [6, 6.07) is 6.10. The third-order valence-electron chi connectivity index (χ3n) is 7.58. The molecule has 3 aromatic rings. The number of alkyl halides is 6. The second-order valence-corrected chi connectivity index (χ2v) is 12.7. The first-order valence-corrected chi connectivity index (χ1v) is 15.6. The van der Waals surface area contributed by atoms with Crippen LogP contribution < -0.4 is 15.2 Å². The molecule has 5 rings (SSSR count). The van der Waals surface area contributed by atoms with Gasteiger partial charge in [-0.05, 0) is 60.3 Å². The Labute approximate surface area is 278 Å². The maximum atomic E-state index is 14.7. The molecule has 1 saturated heterocycles. The number of nitrogens with one attached hydrogen (secondary N) is 1. The van der Waals surface area contributed by atoms with Crippen molar-refractivity contribution in [2.24, 2.45) is 0 Å². The van der Waals surface area contributed by atoms with Gasteiger partial charge in [-0.2, -0.15) is 22.0 Å². The predicted molar refractivity (Wildman–Crippen MR) is 164 cm³/mol. The SMILES string of the molecule is CCN1CCCN(c2cc3c(c(C(F)(F)F)c2OC)CN(C(=O)c2c(Sc4c(Cl)cccc4Cl)cc(C(F)(F)Cl)[nH]c2=O)C3)C1=O. The lowest BCUT2D eigenvalue weighted by atomic mass is 9.99. The van der Waals surface area contributed by atoms with Crippen molar-refractivity contribution in [3.05, 3.63) is 78.7 Å². The zero-order valence-corrected chi connectivity index (χ0v) is 27.1. The van der Waals surface area contributed by atoms with Gasteiger partial charge in [0.25, 0.3) is 11.5 Å². The van der Waals surface area contributed by atoms with Gasteiger partial charge in [0.05, 0.1) is 22.8 Å². The molecule has 2 aromatic carbocycles. The molecule has 46 heavy (non-hydrogen) atoms. The standard InChI is InChI=1S/C29H24Cl3F5N4O4S/c1-3-39-8-5-9-41(27(39)44)18-10-14-12-40(13-15(14)22(23(18)45-2)29(35,36)37)26(43)21-19(11-20(28(32,33)34)38-25(21)42)46-24-16(30)6-4-7-17(24)31/h4,6-7,10-11H,3,5,8-9,12-13H2,1-2H3,(H,38,42). The molecule has 3 heterocycles. The van der Waals surface area contributed by atoms with Gasteiger partial charge in [-0.1, -0.05) is 41.0 Å². The van der Waals surface area contributed by atoms with Gasteiger partial charge in [0.15, 0.2) is 5.75 Å². The van der Waals surface area contributed by atoms with Crippen LogP contribution in [0.3, 0.4) is 0 Å². The van der Waals surface area contributed by atoms with Crippen LogP contribution in [0.5, 0.6) is 5.75 Å². The molecule has 8 nitrogen and oxygen atoms in total. The van der Waals surface area contributed by atoms with Gasteiger partial charge in [0, 0.05) is 42.5 Å². The molecular formula is C29H24Cl3F5N4O4S. The van der Waals surface area contributed by atoms with E-state index in [1.807, 2.05) is 4.98 Å². The van der Waals surface area contributed by atoms with Crippen molar-refractivity contribution in [3.8, 4) is 5.75 Å². The van der Waals surface area contributed by atoms with E-state index in [9.17, 15) is 36.3 Å². The first kappa shape index (κ1) is 34.1. The summed E-state index contributed by atoms with van der Waals surface area (Å²) in [5, 5.41) is -3.85. The van der Waals surface area contributed by atoms with Crippen LogP contribution in [0, 0.1) is 0 Å². The van der Waals surface area contributed by atoms with Crippen molar-refractivity contribution >= 4 is 64.2 Å². The maximum Gasteiger partial charge on any atom is 0.420 e. The Balaban J connectivity index is 1.61. The average molecular weight is 726 g/mol. The Morgan fingerprint density at radius 1 is 1.07 bits per heavy atom. The molecule has 2 aliphatic rings. The minimum atomic E-state index is -4.96. The van der Waals surface area contributed by atoms with Gasteiger partial charge in [0.1, 0.15) is 16.8 Å². The van der Waals surface area contributed by atoms with Crippen LogP contribution in [0.15, 0.2) is 44.9 Å². The molecule has 2 aliphatic heterocycles. The Morgan fingerprint density at radius 3 is 2.33 bits per heavy atom. The topological polar surface area (TPSA) is 85.9 Å². The fourth-order valence-corrected chi connectivity index (χ4v) is 7.23. The number of aromatic amines is 1. The first-order chi connectivity index (χ1) is 21.6. The summed E-state index contributed by atoms with van der Waals surface area (Å²) in [7, 11) is 1.06. The summed E-state index contributed by atoms with van der Waals surface area (Å²) < 4.78 is 77.5. The molecular weight excluding hydrogens is 702 g/mol. The Bertz CT molecular complexity index is 1760. The van der Waals surface area contributed by atoms with Crippen LogP contribution >= 0.6 is 46.6 Å². The number of methoxy groups -OCH3 is 1. The second-order valence-electron chi connectivity index (χ2n) is 10.4. The van der Waals surface area contributed by atoms with Crippen LogP contribution in [0.2, 0.25) is 10.0 Å². The van der Waals surface area contributed by atoms with Gasteiger partial charge >= 0.3 is 17.6 Å². The van der Waals surface area contributed by atoms with E-state index in [0.717, 1.165) is 18.1 Å². The van der Waals surface area contributed by atoms with E-state index in [-0.39, 0.29) is 43.2 Å². The smallest absolute Gasteiger partial charge is 0.420 e. The monoisotopic (exact) mass is 724 g/mol. The number of halogens is 8. The molecule has 0 spiro atoms. The minimum absolute atomic E-state index is 0.0709. The van der Waals surface area contributed by atoms with Gasteiger partial charge in [-0.3, -0.25) is 14.5 Å². The number of hydrogen-bond donors (Lipinski definition) is 1. The number of benzene rings is 2. The van der Waals surface area contributed by atoms with Gasteiger partial charge in [0.2, 0.25) is 0 Å². The van der Waals surface area contributed by atoms with Gasteiger partial charge in [-0.15, -0.1) is 0 Å². The number of carbonyl (C=O) groups is 2. The molecule has 0 saturated carbocycles. The van der Waals surface area contributed by atoms with Crippen LogP contribution in [0.1, 0.15) is 46.1 Å². The lowest BCUT2D eigenvalue weighted by molar-refractivity contribution is -0.139. The highest BCUT2D eigenvalue weighted by atomic mass is 35.5. The van der Waals surface area contributed by atoms with E-state index in [1.165, 1.54) is 34.1 Å². The number of pyridine rings is 1. The van der Waals surface area contributed by atoms with E-state index in [2.05, 4.69) is 0 Å². The fourth-order valence-electron chi connectivity index (χ4n) is 5.49. The Morgan fingerprint density at radius 2 is 1.74 bits per heavy atom. The van der Waals surface area contributed by atoms with E-state index in [4.69, 9.17) is 39.5 Å². The van der Waals surface area contributed by atoms with Crippen molar-refractivity contribution < 1.29 is 36.3 Å². The number of fused-ring (bicyclic) bond motifs is 1. The predicted octanol–water partition coefficient (Wildman–Crippen LogP) is 7.96. The summed E-state index contributed by atoms with van der Waals surface area (Å²) in [5.41, 5.74) is -4.40. The van der Waals surface area contributed by atoms with Crippen LogP contribution in [-0.4, -0.2) is 53.5 Å². The summed E-state index contributed by atoms with van der Waals surface area (Å²) >= 11 is 18.3. The number of urea groups is 1. The molecule has 3 amide bonds. The highest BCUT2D eigenvalue weighted by Gasteiger charge is 2.44. The molecule has 0 aliphatic carbocycles. The van der Waals surface area contributed by atoms with Crippen LogP contribution in [0.4, 0.5) is 32.4 Å². The number of rotatable bonds is 7. The Kier molecular flexibility index (Phi) is 9.48. The number of ether oxygens (including phenoxy) is 1. The second kappa shape index (κ2) is 12.8. The normalized spacial score (nSPS) is 15.4. The molecule has 1 N–H and O–H groups in total. The van der Waals surface area contributed by atoms with E-state index in [1.54, 1.807) is 6.92 Å². The highest BCUT2D eigenvalue weighted by Crippen LogP contribution is 2.49. The van der Waals surface area contributed by atoms with Crippen molar-refractivity contribution in [1.82, 2.24) is 14.8 Å². The summed E-state index contributed by atoms with van der Waals surface area (Å²) in [6.45, 7) is 1.69. The average Bonchev–Trinajstić information content (AvgIpc) is 3.40. The molecule has 1 aromatic heterocycles. The number of anilines is 1. The molecule has 17 heteroatoms. The van der Waals surface area contributed by atoms with Crippen molar-refractivity contribution in [1.29, 1.82) is 0 Å². The number of carbonyl (C=O) groups excluding carboxylic acids is 2. The van der Waals surface area contributed by atoms with E-state index in [0.29, 0.717) is 31.3 Å². The van der Waals surface area contributed by atoms with Crippen LogP contribution in [-0.2, 0) is 24.6 Å². The number of H-pyrrole nitrogens is 1. The minimum Gasteiger partial charge on any atom is -0.494 e. The molecule has 246 valence electrons. The maximum absolute atomic E-state index is 14.7. The molecule has 1 fully saturated rings. The van der Waals surface area contributed by atoms with Crippen LogP contribution in [0.25, 0.3) is 0 Å². The zero-order chi connectivity index (χ0) is 33.7. The third kappa shape index (κ3) is 6.36. The molecule has 0 atom stereocenters. The molecule has 0 radical (unpaired) electrons. The lowest BCUT2D eigenvalue weighted by Crippen LogP contribution is -2.49. The lowest BCUT2D eigenvalue weighted by Gasteiger charge is -2.36. The van der Waals surface area contributed by atoms with E-state index < -0.39 is 64.7 Å². The summed E-state index contributed by atoms with van der Waals surface area (Å²) in [4.78, 5) is 45.7. The van der Waals surface area contributed by atoms with Crippen molar-refractivity contribution in [2.75, 3.05) is 31.6 Å². The van der Waals surface area contributed by atoms with Gasteiger partial charge < -0.3 is 19.5 Å². The molecule has 0 bridgehead atoms. The first-order valence-electron chi connectivity index (χ1n) is 13.7. The number of aromatic nitrogens is 1. The number of nitrogens with zero attached hydrogens (tertiary/aromatic N) is 3. The largest absolute Gasteiger partial charge is 0.494 e. The third-order valence-corrected chi connectivity index (χ3v) is 9.82. The fraction of sp³-hybridized carbons (Fsp3) is 0.345. The number of hydrogen-bond acceptors (Lipinski definition) is 5. The number of amides is 3. The van der Waals surface area contributed by atoms with Crippen molar-refractivity contribution in [3.63, 3.8) is 0 Å². The quantitative estimate of drug-likeness (QED) is 0.198. The molecule has 0 unspecified atom stereocenters. The zero-order valence-electron chi connectivity index (χ0n) is 24.0. The van der Waals surface area contributed by atoms with Crippen molar-refractivity contribution in [2.45, 2.75) is 47.8 Å². The summed E-state index contributed by atoms with van der Waals surface area (Å²) in [5.74, 6) is -1.63. The van der Waals surface area contributed by atoms with Gasteiger partial charge in [-0.25, -0.2) is 4.79 Å².